The summed E-state index contributed by atoms with van der Waals surface area (Å²) < 4.78 is 5.45. The molecule has 24 heavy (non-hydrogen) atoms. The SMILES string of the molecule is CCO[C@H](C)C(=O)N1CCC[C@@H]1c1ncc(-c2ccccc2Cl)[nH]1. The van der Waals surface area contributed by atoms with E-state index in [0.717, 1.165) is 36.5 Å². The molecular weight excluding hydrogens is 326 g/mol. The summed E-state index contributed by atoms with van der Waals surface area (Å²) in [6.45, 7) is 4.97. The van der Waals surface area contributed by atoms with Gasteiger partial charge >= 0.3 is 0 Å². The summed E-state index contributed by atoms with van der Waals surface area (Å²) >= 11 is 6.25. The summed E-state index contributed by atoms with van der Waals surface area (Å²) in [7, 11) is 0. The van der Waals surface area contributed by atoms with E-state index in [9.17, 15) is 4.79 Å². The van der Waals surface area contributed by atoms with Gasteiger partial charge in [0.15, 0.2) is 0 Å². The van der Waals surface area contributed by atoms with Gasteiger partial charge in [-0.25, -0.2) is 4.98 Å². The van der Waals surface area contributed by atoms with Crippen molar-refractivity contribution in [3.8, 4) is 11.3 Å². The first-order valence-corrected chi connectivity index (χ1v) is 8.71. The maximum atomic E-state index is 12.6. The highest BCUT2D eigenvalue weighted by atomic mass is 35.5. The molecule has 1 aliphatic rings. The summed E-state index contributed by atoms with van der Waals surface area (Å²) in [6.07, 6.45) is 3.23. The number of nitrogens with zero attached hydrogens (tertiary/aromatic N) is 2. The molecule has 6 heteroatoms. The van der Waals surface area contributed by atoms with Crippen LogP contribution in [0, 0.1) is 0 Å². The van der Waals surface area contributed by atoms with Crippen molar-refractivity contribution in [1.29, 1.82) is 0 Å². The summed E-state index contributed by atoms with van der Waals surface area (Å²) in [6, 6.07) is 7.62. The van der Waals surface area contributed by atoms with E-state index in [2.05, 4.69) is 9.97 Å². The van der Waals surface area contributed by atoms with Crippen LogP contribution >= 0.6 is 11.6 Å². The van der Waals surface area contributed by atoms with Gasteiger partial charge in [0.05, 0.1) is 17.9 Å². The zero-order valence-electron chi connectivity index (χ0n) is 14.0. The van der Waals surface area contributed by atoms with E-state index in [-0.39, 0.29) is 11.9 Å². The lowest BCUT2D eigenvalue weighted by atomic mass is 10.1. The van der Waals surface area contributed by atoms with E-state index in [1.54, 1.807) is 13.1 Å². The third-order valence-corrected chi connectivity index (χ3v) is 4.71. The number of benzene rings is 1. The predicted octanol–water partition coefficient (Wildman–Crippen LogP) is 3.82. The van der Waals surface area contributed by atoms with Crippen molar-refractivity contribution in [2.45, 2.75) is 38.8 Å². The van der Waals surface area contributed by atoms with Crippen molar-refractivity contribution in [2.75, 3.05) is 13.2 Å². The van der Waals surface area contributed by atoms with Crippen molar-refractivity contribution in [3.63, 3.8) is 0 Å². The van der Waals surface area contributed by atoms with Crippen LogP contribution in [0.4, 0.5) is 0 Å². The van der Waals surface area contributed by atoms with E-state index >= 15 is 0 Å². The Labute approximate surface area is 147 Å². The quantitative estimate of drug-likeness (QED) is 0.894. The van der Waals surface area contributed by atoms with Crippen molar-refractivity contribution >= 4 is 17.5 Å². The number of hydrogen-bond donors (Lipinski definition) is 1. The smallest absolute Gasteiger partial charge is 0.252 e. The summed E-state index contributed by atoms with van der Waals surface area (Å²) in [5.41, 5.74) is 1.78. The molecule has 2 atom stereocenters. The number of halogens is 1. The highest BCUT2D eigenvalue weighted by molar-refractivity contribution is 6.33. The molecule has 1 aliphatic heterocycles. The van der Waals surface area contributed by atoms with Crippen molar-refractivity contribution in [3.05, 3.63) is 41.3 Å². The van der Waals surface area contributed by atoms with Crippen LogP contribution in [0.3, 0.4) is 0 Å². The normalized spacial score (nSPS) is 18.8. The minimum absolute atomic E-state index is 0.0232. The molecule has 0 aliphatic carbocycles. The molecule has 1 saturated heterocycles. The van der Waals surface area contributed by atoms with Crippen LogP contribution in [0.25, 0.3) is 11.3 Å². The molecule has 2 heterocycles. The molecular formula is C18H22ClN3O2. The Morgan fingerprint density at radius 3 is 3.04 bits per heavy atom. The van der Waals surface area contributed by atoms with Crippen molar-refractivity contribution in [2.24, 2.45) is 0 Å². The van der Waals surface area contributed by atoms with Crippen LogP contribution in [-0.2, 0) is 9.53 Å². The molecule has 0 spiro atoms. The molecule has 1 amide bonds. The Morgan fingerprint density at radius 1 is 1.50 bits per heavy atom. The molecule has 128 valence electrons. The highest BCUT2D eigenvalue weighted by Gasteiger charge is 2.34. The van der Waals surface area contributed by atoms with E-state index < -0.39 is 6.10 Å². The number of likely N-dealkylation sites (tertiary alicyclic amines) is 1. The van der Waals surface area contributed by atoms with Crippen molar-refractivity contribution in [1.82, 2.24) is 14.9 Å². The monoisotopic (exact) mass is 347 g/mol. The van der Waals surface area contributed by atoms with Crippen LogP contribution in [-0.4, -0.2) is 40.0 Å². The molecule has 1 N–H and O–H groups in total. The average molecular weight is 348 g/mol. The minimum Gasteiger partial charge on any atom is -0.369 e. The third-order valence-electron chi connectivity index (χ3n) is 4.38. The maximum absolute atomic E-state index is 12.6. The number of amides is 1. The second-order valence-corrected chi connectivity index (χ2v) is 6.36. The van der Waals surface area contributed by atoms with Crippen LogP contribution in [0.2, 0.25) is 5.02 Å². The topological polar surface area (TPSA) is 58.2 Å². The number of ether oxygens (including phenoxy) is 1. The Bertz CT molecular complexity index is 716. The number of aromatic amines is 1. The van der Waals surface area contributed by atoms with E-state index in [1.807, 2.05) is 36.1 Å². The molecule has 0 bridgehead atoms. The van der Waals surface area contributed by atoms with Gasteiger partial charge in [0.1, 0.15) is 11.9 Å². The first kappa shape index (κ1) is 17.0. The maximum Gasteiger partial charge on any atom is 0.252 e. The Morgan fingerprint density at radius 2 is 2.29 bits per heavy atom. The van der Waals surface area contributed by atoms with Gasteiger partial charge in [0.2, 0.25) is 0 Å². The number of imidazole rings is 1. The van der Waals surface area contributed by atoms with Gasteiger partial charge in [-0.3, -0.25) is 4.79 Å². The van der Waals surface area contributed by atoms with Gasteiger partial charge in [-0.15, -0.1) is 0 Å². The number of H-pyrrole nitrogens is 1. The van der Waals surface area contributed by atoms with Crippen LogP contribution in [0.5, 0.6) is 0 Å². The second kappa shape index (κ2) is 7.36. The molecule has 1 fully saturated rings. The Balaban J connectivity index is 1.81. The highest BCUT2D eigenvalue weighted by Crippen LogP contribution is 2.33. The summed E-state index contributed by atoms with van der Waals surface area (Å²) in [5, 5.41) is 0.678. The fourth-order valence-electron chi connectivity index (χ4n) is 3.19. The minimum atomic E-state index is -0.423. The molecule has 5 nitrogen and oxygen atoms in total. The standard InChI is InChI=1S/C18H22ClN3O2/c1-3-24-12(2)18(23)22-10-6-9-16(22)17-20-11-15(21-17)13-7-4-5-8-14(13)19/h4-5,7-8,11-12,16H,3,6,9-10H2,1-2H3,(H,20,21)/t12-,16-/m1/s1. The van der Waals surface area contributed by atoms with Crippen LogP contribution in [0.1, 0.15) is 38.6 Å². The molecule has 1 aromatic carbocycles. The molecule has 0 saturated carbocycles. The van der Waals surface area contributed by atoms with Gasteiger partial charge in [-0.2, -0.15) is 0 Å². The molecule has 2 aromatic rings. The summed E-state index contributed by atoms with van der Waals surface area (Å²) in [4.78, 5) is 22.3. The van der Waals surface area contributed by atoms with Gasteiger partial charge in [0.25, 0.3) is 5.91 Å². The largest absolute Gasteiger partial charge is 0.369 e. The van der Waals surface area contributed by atoms with Gasteiger partial charge in [0, 0.05) is 23.7 Å². The van der Waals surface area contributed by atoms with Gasteiger partial charge in [-0.1, -0.05) is 29.8 Å². The lowest BCUT2D eigenvalue weighted by Crippen LogP contribution is -2.39. The lowest BCUT2D eigenvalue weighted by Gasteiger charge is -2.26. The molecule has 0 radical (unpaired) electrons. The number of carbonyl (C=O) groups is 1. The fraction of sp³-hybridized carbons (Fsp3) is 0.444. The van der Waals surface area contributed by atoms with E-state index in [4.69, 9.17) is 16.3 Å². The molecule has 1 aromatic heterocycles. The zero-order chi connectivity index (χ0) is 17.1. The van der Waals surface area contributed by atoms with Crippen LogP contribution < -0.4 is 0 Å². The second-order valence-electron chi connectivity index (χ2n) is 5.95. The molecule has 3 rings (SSSR count). The predicted molar refractivity (Wildman–Crippen MR) is 93.8 cm³/mol. The number of aromatic nitrogens is 2. The van der Waals surface area contributed by atoms with Gasteiger partial charge in [-0.05, 0) is 32.8 Å². The van der Waals surface area contributed by atoms with Crippen LogP contribution in [0.15, 0.2) is 30.5 Å². The first-order valence-electron chi connectivity index (χ1n) is 8.33. The fourth-order valence-corrected chi connectivity index (χ4v) is 3.43. The van der Waals surface area contributed by atoms with E-state index in [0.29, 0.717) is 11.6 Å². The number of rotatable bonds is 5. The van der Waals surface area contributed by atoms with Gasteiger partial charge < -0.3 is 14.6 Å². The first-order chi connectivity index (χ1) is 11.6. The third kappa shape index (κ3) is 3.32. The average Bonchev–Trinajstić information content (AvgIpc) is 3.23. The number of nitrogens with one attached hydrogen (secondary N) is 1. The summed E-state index contributed by atoms with van der Waals surface area (Å²) in [5.74, 6) is 0.828. The number of carbonyl (C=O) groups excluding carboxylic acids is 1. The molecule has 0 unspecified atom stereocenters. The number of hydrogen-bond acceptors (Lipinski definition) is 3. The van der Waals surface area contributed by atoms with Crippen molar-refractivity contribution < 1.29 is 9.53 Å². The zero-order valence-corrected chi connectivity index (χ0v) is 14.7. The Kier molecular flexibility index (Phi) is 5.21. The Hall–Kier alpha value is -1.85. The lowest BCUT2D eigenvalue weighted by molar-refractivity contribution is -0.143. The van der Waals surface area contributed by atoms with E-state index in [1.165, 1.54) is 0 Å².